The molecule has 1 nitrogen and oxygen atoms in total. The van der Waals surface area contributed by atoms with Gasteiger partial charge in [-0.1, -0.05) is 90.3 Å². The highest BCUT2D eigenvalue weighted by atomic mass is 15.1. The van der Waals surface area contributed by atoms with Gasteiger partial charge in [-0.2, -0.15) is 0 Å². The maximum Gasteiger partial charge on any atom is 0.0461 e. The Bertz CT molecular complexity index is 937. The van der Waals surface area contributed by atoms with Crippen molar-refractivity contribution in [1.29, 1.82) is 0 Å². The fraction of sp³-hybridized carbons (Fsp3) is 0.438. The minimum absolute atomic E-state index is 0.592. The van der Waals surface area contributed by atoms with Gasteiger partial charge in [0.05, 0.1) is 0 Å². The van der Waals surface area contributed by atoms with Gasteiger partial charge in [0.1, 0.15) is 0 Å². The van der Waals surface area contributed by atoms with E-state index in [1.54, 1.807) is 0 Å². The number of aryl methyl sites for hydroxylation is 1. The Hall–Kier alpha value is -2.54. The third kappa shape index (κ3) is 6.73. The number of hydrogen-bond acceptors (Lipinski definition) is 1. The molecule has 0 amide bonds. The van der Waals surface area contributed by atoms with Crippen LogP contribution in [0.1, 0.15) is 102 Å². The van der Waals surface area contributed by atoms with Crippen LogP contribution in [0.3, 0.4) is 0 Å². The minimum Gasteiger partial charge on any atom is -0.311 e. The summed E-state index contributed by atoms with van der Waals surface area (Å²) in [5, 5.41) is 0. The molecule has 0 aliphatic carbocycles. The van der Waals surface area contributed by atoms with E-state index in [9.17, 15) is 0 Å². The SMILES string of the molecule is CCCCCc1ccc(N(c2ccc(C(C)CC)cc2)c2ccc(C(C)CCC)cc2)cc1. The summed E-state index contributed by atoms with van der Waals surface area (Å²) < 4.78 is 0. The number of hydrogen-bond donors (Lipinski definition) is 0. The molecular formula is C32H43N. The standard InChI is InChI=1S/C32H43N/c1-6-9-10-12-27-13-19-30(20-14-27)33(31-21-15-28(16-22-31)25(4)8-3)32-23-17-29(18-24-32)26(5)11-7-2/h13-26H,6-12H2,1-5H3. The van der Waals surface area contributed by atoms with Gasteiger partial charge in [0.15, 0.2) is 0 Å². The average molecular weight is 442 g/mol. The number of unbranched alkanes of at least 4 members (excludes halogenated alkanes) is 2. The summed E-state index contributed by atoms with van der Waals surface area (Å²) in [4.78, 5) is 2.39. The Kier molecular flexibility index (Phi) is 9.61. The van der Waals surface area contributed by atoms with Gasteiger partial charge in [-0.3, -0.25) is 0 Å². The molecule has 0 N–H and O–H groups in total. The Balaban J connectivity index is 1.93. The Morgan fingerprint density at radius 1 is 0.576 bits per heavy atom. The van der Waals surface area contributed by atoms with E-state index in [1.165, 1.54) is 78.7 Å². The van der Waals surface area contributed by atoms with Crippen molar-refractivity contribution in [2.24, 2.45) is 0 Å². The van der Waals surface area contributed by atoms with Crippen molar-refractivity contribution >= 4 is 17.1 Å². The molecule has 3 aromatic rings. The summed E-state index contributed by atoms with van der Waals surface area (Å²) in [6.07, 6.45) is 8.64. The summed E-state index contributed by atoms with van der Waals surface area (Å²) in [5.74, 6) is 1.20. The minimum atomic E-state index is 0.592. The van der Waals surface area contributed by atoms with E-state index in [1.807, 2.05) is 0 Å². The molecule has 0 heterocycles. The molecule has 33 heavy (non-hydrogen) atoms. The summed E-state index contributed by atoms with van der Waals surface area (Å²) >= 11 is 0. The molecule has 0 bridgehead atoms. The zero-order valence-corrected chi connectivity index (χ0v) is 21.5. The zero-order valence-electron chi connectivity index (χ0n) is 21.5. The lowest BCUT2D eigenvalue weighted by Crippen LogP contribution is -2.10. The zero-order chi connectivity index (χ0) is 23.6. The molecule has 0 saturated heterocycles. The Morgan fingerprint density at radius 2 is 1.06 bits per heavy atom. The second-order valence-electron chi connectivity index (χ2n) is 9.64. The first-order valence-electron chi connectivity index (χ1n) is 13.2. The molecule has 3 aromatic carbocycles. The summed E-state index contributed by atoms with van der Waals surface area (Å²) in [6, 6.07) is 27.6. The van der Waals surface area contributed by atoms with Crippen LogP contribution in [0.15, 0.2) is 72.8 Å². The Labute approximate surface area is 202 Å². The number of nitrogens with zero attached hydrogens (tertiary/aromatic N) is 1. The van der Waals surface area contributed by atoms with Crippen LogP contribution in [-0.2, 0) is 6.42 Å². The van der Waals surface area contributed by atoms with Crippen molar-refractivity contribution in [3.8, 4) is 0 Å². The molecule has 0 aliphatic rings. The van der Waals surface area contributed by atoms with Crippen molar-refractivity contribution in [2.75, 3.05) is 4.90 Å². The molecule has 0 fully saturated rings. The number of anilines is 3. The molecule has 3 rings (SSSR count). The highest BCUT2D eigenvalue weighted by Gasteiger charge is 2.14. The van der Waals surface area contributed by atoms with E-state index in [2.05, 4.69) is 112 Å². The summed E-state index contributed by atoms with van der Waals surface area (Å²) in [7, 11) is 0. The molecule has 0 aromatic heterocycles. The lowest BCUT2D eigenvalue weighted by Gasteiger charge is -2.27. The highest BCUT2D eigenvalue weighted by molar-refractivity contribution is 5.76. The molecule has 1 heteroatoms. The van der Waals surface area contributed by atoms with Crippen LogP contribution in [0.5, 0.6) is 0 Å². The van der Waals surface area contributed by atoms with Gasteiger partial charge in [-0.15, -0.1) is 0 Å². The van der Waals surface area contributed by atoms with Crippen LogP contribution < -0.4 is 4.90 Å². The van der Waals surface area contributed by atoms with Gasteiger partial charge >= 0.3 is 0 Å². The molecule has 2 unspecified atom stereocenters. The second kappa shape index (κ2) is 12.6. The molecule has 2 atom stereocenters. The van der Waals surface area contributed by atoms with Gasteiger partial charge in [0.2, 0.25) is 0 Å². The lowest BCUT2D eigenvalue weighted by molar-refractivity contribution is 0.665. The predicted octanol–water partition coefficient (Wildman–Crippen LogP) is 10.3. The molecule has 176 valence electrons. The second-order valence-corrected chi connectivity index (χ2v) is 9.64. The van der Waals surface area contributed by atoms with E-state index in [-0.39, 0.29) is 0 Å². The van der Waals surface area contributed by atoms with Crippen molar-refractivity contribution in [2.45, 2.75) is 91.4 Å². The molecule has 0 spiro atoms. The van der Waals surface area contributed by atoms with E-state index in [0.717, 1.165) is 0 Å². The van der Waals surface area contributed by atoms with Crippen LogP contribution in [0, 0.1) is 0 Å². The summed E-state index contributed by atoms with van der Waals surface area (Å²) in [6.45, 7) is 11.4. The van der Waals surface area contributed by atoms with E-state index in [0.29, 0.717) is 11.8 Å². The molecular weight excluding hydrogens is 398 g/mol. The monoisotopic (exact) mass is 441 g/mol. The Morgan fingerprint density at radius 3 is 1.52 bits per heavy atom. The fourth-order valence-corrected chi connectivity index (χ4v) is 4.58. The van der Waals surface area contributed by atoms with E-state index < -0.39 is 0 Å². The smallest absolute Gasteiger partial charge is 0.0461 e. The van der Waals surface area contributed by atoms with Crippen molar-refractivity contribution in [3.63, 3.8) is 0 Å². The number of rotatable bonds is 12. The third-order valence-electron chi connectivity index (χ3n) is 7.04. The highest BCUT2D eigenvalue weighted by Crippen LogP contribution is 2.36. The van der Waals surface area contributed by atoms with Gasteiger partial charge < -0.3 is 4.90 Å². The molecule has 0 saturated carbocycles. The molecule has 0 aliphatic heterocycles. The maximum atomic E-state index is 2.39. The van der Waals surface area contributed by atoms with Crippen molar-refractivity contribution in [3.05, 3.63) is 89.5 Å². The van der Waals surface area contributed by atoms with Crippen LogP contribution in [0.25, 0.3) is 0 Å². The molecule has 0 radical (unpaired) electrons. The average Bonchev–Trinajstić information content (AvgIpc) is 2.86. The van der Waals surface area contributed by atoms with E-state index >= 15 is 0 Å². The van der Waals surface area contributed by atoms with Crippen LogP contribution in [0.2, 0.25) is 0 Å². The van der Waals surface area contributed by atoms with E-state index in [4.69, 9.17) is 0 Å². The fourth-order valence-electron chi connectivity index (χ4n) is 4.58. The van der Waals surface area contributed by atoms with Crippen LogP contribution >= 0.6 is 0 Å². The maximum absolute atomic E-state index is 2.39. The predicted molar refractivity (Wildman–Crippen MR) is 146 cm³/mol. The first kappa shape index (κ1) is 25.1. The first-order valence-corrected chi connectivity index (χ1v) is 13.2. The van der Waals surface area contributed by atoms with Crippen molar-refractivity contribution < 1.29 is 0 Å². The van der Waals surface area contributed by atoms with Gasteiger partial charge in [-0.25, -0.2) is 0 Å². The quantitative estimate of drug-likeness (QED) is 0.253. The van der Waals surface area contributed by atoms with Gasteiger partial charge in [0.25, 0.3) is 0 Å². The first-order chi connectivity index (χ1) is 16.1. The third-order valence-corrected chi connectivity index (χ3v) is 7.04. The van der Waals surface area contributed by atoms with Gasteiger partial charge in [-0.05, 0) is 90.6 Å². The number of benzene rings is 3. The van der Waals surface area contributed by atoms with Crippen LogP contribution in [-0.4, -0.2) is 0 Å². The lowest BCUT2D eigenvalue weighted by atomic mass is 9.96. The summed E-state index contributed by atoms with van der Waals surface area (Å²) in [5.41, 5.74) is 7.94. The topological polar surface area (TPSA) is 3.24 Å². The normalized spacial score (nSPS) is 13.0. The van der Waals surface area contributed by atoms with Crippen LogP contribution in [0.4, 0.5) is 17.1 Å². The van der Waals surface area contributed by atoms with Crippen molar-refractivity contribution in [1.82, 2.24) is 0 Å². The van der Waals surface area contributed by atoms with Gasteiger partial charge in [0, 0.05) is 17.1 Å². The largest absolute Gasteiger partial charge is 0.311 e.